The van der Waals surface area contributed by atoms with E-state index in [4.69, 9.17) is 9.47 Å². The Bertz CT molecular complexity index is 1040. The molecule has 0 radical (unpaired) electrons. The topological polar surface area (TPSA) is 105 Å². The molecule has 0 unspecified atom stereocenters. The molecule has 9 heteroatoms. The predicted octanol–water partition coefficient (Wildman–Crippen LogP) is 3.13. The van der Waals surface area contributed by atoms with Crippen molar-refractivity contribution in [3.8, 4) is 0 Å². The second-order valence-corrected chi connectivity index (χ2v) is 11.4. The van der Waals surface area contributed by atoms with Crippen molar-refractivity contribution < 1.29 is 27.8 Å². The minimum atomic E-state index is -3.85. The molecule has 0 bridgehead atoms. The molecule has 2 N–H and O–H groups in total. The van der Waals surface area contributed by atoms with Crippen LogP contribution >= 0.6 is 0 Å². The van der Waals surface area contributed by atoms with Crippen LogP contribution in [0.15, 0.2) is 59.5 Å². The summed E-state index contributed by atoms with van der Waals surface area (Å²) < 4.78 is 38.9. The molecule has 3 atom stereocenters. The summed E-state index contributed by atoms with van der Waals surface area (Å²) in [5, 5.41) is 14.0. The molecule has 0 aliphatic carbocycles. The molecule has 1 saturated heterocycles. The van der Waals surface area contributed by atoms with Crippen LogP contribution in [0.1, 0.15) is 31.4 Å². The molecule has 1 amide bonds. The van der Waals surface area contributed by atoms with E-state index >= 15 is 0 Å². The zero-order valence-electron chi connectivity index (χ0n) is 20.6. The van der Waals surface area contributed by atoms with E-state index in [0.717, 1.165) is 11.1 Å². The first-order chi connectivity index (χ1) is 16.6. The van der Waals surface area contributed by atoms with Crippen molar-refractivity contribution in [1.82, 2.24) is 9.62 Å². The quantitative estimate of drug-likeness (QED) is 0.487. The third kappa shape index (κ3) is 8.03. The Morgan fingerprint density at radius 2 is 1.83 bits per heavy atom. The minimum absolute atomic E-state index is 0.0373. The second-order valence-electron chi connectivity index (χ2n) is 9.43. The average Bonchev–Trinajstić information content (AvgIpc) is 3.31. The number of amides is 1. The lowest BCUT2D eigenvalue weighted by atomic mass is 10.0. The Morgan fingerprint density at radius 3 is 2.43 bits per heavy atom. The molecule has 192 valence electrons. The standard InChI is InChI=1S/C26H36N2O6S/c1-19(2)16-28(35(31,32)23-11-9-20(3)10-12-23)17-25(29)24(15-21-7-5-4-6-8-21)27-26(30)34-22-13-14-33-18-22/h4-12,19,22,24-25,29H,13-18H2,1-3H3,(H,27,30)/t22-,24+,25-/m1/s1. The third-order valence-corrected chi connectivity index (χ3v) is 7.69. The van der Waals surface area contributed by atoms with E-state index in [1.807, 2.05) is 51.1 Å². The number of carbonyl (C=O) groups is 1. The van der Waals surface area contributed by atoms with Crippen molar-refractivity contribution in [1.29, 1.82) is 0 Å². The van der Waals surface area contributed by atoms with E-state index in [0.29, 0.717) is 26.1 Å². The van der Waals surface area contributed by atoms with Crippen molar-refractivity contribution in [3.63, 3.8) is 0 Å². The second kappa shape index (κ2) is 12.5. The number of aliphatic hydroxyl groups is 1. The lowest BCUT2D eigenvalue weighted by molar-refractivity contribution is 0.0644. The van der Waals surface area contributed by atoms with Crippen molar-refractivity contribution in [2.75, 3.05) is 26.3 Å². The smallest absolute Gasteiger partial charge is 0.407 e. The molecule has 2 aromatic rings. The molecule has 0 aromatic heterocycles. The van der Waals surface area contributed by atoms with Gasteiger partial charge in [0.25, 0.3) is 0 Å². The predicted molar refractivity (Wildman–Crippen MR) is 134 cm³/mol. The van der Waals surface area contributed by atoms with E-state index in [1.54, 1.807) is 24.3 Å². The van der Waals surface area contributed by atoms with Crippen molar-refractivity contribution >= 4 is 16.1 Å². The monoisotopic (exact) mass is 504 g/mol. The van der Waals surface area contributed by atoms with Crippen LogP contribution in [0, 0.1) is 12.8 Å². The number of carbonyl (C=O) groups excluding carboxylic acids is 1. The summed E-state index contributed by atoms with van der Waals surface area (Å²) in [6.07, 6.45) is -1.21. The van der Waals surface area contributed by atoms with E-state index in [1.165, 1.54) is 4.31 Å². The fourth-order valence-electron chi connectivity index (χ4n) is 3.97. The average molecular weight is 505 g/mol. The van der Waals surface area contributed by atoms with E-state index in [-0.39, 0.29) is 30.0 Å². The van der Waals surface area contributed by atoms with Gasteiger partial charge >= 0.3 is 6.09 Å². The first-order valence-electron chi connectivity index (χ1n) is 12.0. The van der Waals surface area contributed by atoms with Gasteiger partial charge in [-0.3, -0.25) is 0 Å². The van der Waals surface area contributed by atoms with Gasteiger partial charge in [0.05, 0.1) is 30.3 Å². The highest BCUT2D eigenvalue weighted by molar-refractivity contribution is 7.89. The van der Waals surface area contributed by atoms with Gasteiger partial charge < -0.3 is 19.9 Å². The fourth-order valence-corrected chi connectivity index (χ4v) is 5.59. The molecule has 35 heavy (non-hydrogen) atoms. The highest BCUT2D eigenvalue weighted by Gasteiger charge is 2.32. The Hall–Kier alpha value is -2.46. The number of benzene rings is 2. The largest absolute Gasteiger partial charge is 0.444 e. The number of rotatable bonds is 11. The fraction of sp³-hybridized carbons (Fsp3) is 0.500. The van der Waals surface area contributed by atoms with Gasteiger partial charge in [-0.05, 0) is 37.0 Å². The highest BCUT2D eigenvalue weighted by atomic mass is 32.2. The summed E-state index contributed by atoms with van der Waals surface area (Å²) in [5.74, 6) is 0.0373. The SMILES string of the molecule is Cc1ccc(S(=O)(=O)N(CC(C)C)C[C@@H](O)[C@H](Cc2ccccc2)NC(=O)O[C@@H]2CCOC2)cc1. The maximum absolute atomic E-state index is 13.4. The third-order valence-electron chi connectivity index (χ3n) is 5.85. The van der Waals surface area contributed by atoms with Crippen LogP contribution in [0.3, 0.4) is 0 Å². The number of hydrogen-bond acceptors (Lipinski definition) is 6. The maximum Gasteiger partial charge on any atom is 0.407 e. The number of aliphatic hydroxyl groups excluding tert-OH is 1. The van der Waals surface area contributed by atoms with Gasteiger partial charge in [0, 0.05) is 19.5 Å². The Kier molecular flexibility index (Phi) is 9.68. The summed E-state index contributed by atoms with van der Waals surface area (Å²) in [4.78, 5) is 12.8. The zero-order chi connectivity index (χ0) is 25.4. The van der Waals surface area contributed by atoms with Gasteiger partial charge in [-0.1, -0.05) is 61.9 Å². The number of ether oxygens (including phenoxy) is 2. The summed E-state index contributed by atoms with van der Waals surface area (Å²) >= 11 is 0. The molecule has 1 aliphatic rings. The molecule has 8 nitrogen and oxygen atoms in total. The summed E-state index contributed by atoms with van der Waals surface area (Å²) in [7, 11) is -3.85. The molecule has 1 heterocycles. The summed E-state index contributed by atoms with van der Waals surface area (Å²) in [5.41, 5.74) is 1.86. The van der Waals surface area contributed by atoms with Gasteiger partial charge in [-0.25, -0.2) is 13.2 Å². The number of nitrogens with one attached hydrogen (secondary N) is 1. The van der Waals surface area contributed by atoms with Gasteiger partial charge in [0.15, 0.2) is 0 Å². The Balaban J connectivity index is 1.80. The minimum Gasteiger partial charge on any atom is -0.444 e. The van der Waals surface area contributed by atoms with Crippen LogP contribution in [-0.2, 0) is 25.9 Å². The summed E-state index contributed by atoms with van der Waals surface area (Å²) in [6, 6.07) is 15.3. The number of alkyl carbamates (subject to hydrolysis) is 1. The van der Waals surface area contributed by atoms with E-state index in [9.17, 15) is 18.3 Å². The van der Waals surface area contributed by atoms with Gasteiger partial charge in [-0.15, -0.1) is 0 Å². The van der Waals surface area contributed by atoms with Crippen LogP contribution in [0.2, 0.25) is 0 Å². The van der Waals surface area contributed by atoms with Gasteiger partial charge in [0.2, 0.25) is 10.0 Å². The molecule has 0 spiro atoms. The maximum atomic E-state index is 13.4. The number of hydrogen-bond donors (Lipinski definition) is 2. The molecular formula is C26H36N2O6S. The number of sulfonamides is 1. The number of nitrogens with zero attached hydrogens (tertiary/aromatic N) is 1. The summed E-state index contributed by atoms with van der Waals surface area (Å²) in [6.45, 7) is 6.68. The molecule has 0 saturated carbocycles. The van der Waals surface area contributed by atoms with Crippen LogP contribution in [0.4, 0.5) is 4.79 Å². The molecular weight excluding hydrogens is 468 g/mol. The van der Waals surface area contributed by atoms with Crippen molar-refractivity contribution in [2.24, 2.45) is 5.92 Å². The van der Waals surface area contributed by atoms with Crippen LogP contribution < -0.4 is 5.32 Å². The molecule has 1 fully saturated rings. The van der Waals surface area contributed by atoms with Crippen LogP contribution in [-0.4, -0.2) is 68.5 Å². The molecule has 3 rings (SSSR count). The van der Waals surface area contributed by atoms with Gasteiger partial charge in [0.1, 0.15) is 6.10 Å². The van der Waals surface area contributed by atoms with Crippen molar-refractivity contribution in [3.05, 3.63) is 65.7 Å². The van der Waals surface area contributed by atoms with E-state index < -0.39 is 28.3 Å². The van der Waals surface area contributed by atoms with E-state index in [2.05, 4.69) is 5.32 Å². The first kappa shape index (κ1) is 27.1. The van der Waals surface area contributed by atoms with Crippen LogP contribution in [0.5, 0.6) is 0 Å². The van der Waals surface area contributed by atoms with Gasteiger partial charge in [-0.2, -0.15) is 4.31 Å². The Morgan fingerprint density at radius 1 is 1.14 bits per heavy atom. The lowest BCUT2D eigenvalue weighted by Crippen LogP contribution is -2.51. The molecule has 1 aliphatic heterocycles. The normalized spacial score (nSPS) is 17.9. The lowest BCUT2D eigenvalue weighted by Gasteiger charge is -2.30. The molecule has 2 aromatic carbocycles. The van der Waals surface area contributed by atoms with Crippen LogP contribution in [0.25, 0.3) is 0 Å². The number of aryl methyl sites for hydroxylation is 1. The highest BCUT2D eigenvalue weighted by Crippen LogP contribution is 2.20. The first-order valence-corrected chi connectivity index (χ1v) is 13.4. The Labute approximate surface area is 208 Å². The zero-order valence-corrected chi connectivity index (χ0v) is 21.4. The van der Waals surface area contributed by atoms with Crippen molar-refractivity contribution in [2.45, 2.75) is 56.8 Å².